The predicted molar refractivity (Wildman–Crippen MR) is 104 cm³/mol. The van der Waals surface area contributed by atoms with E-state index in [4.69, 9.17) is 21.1 Å². The Balaban J connectivity index is 2.29. The zero-order chi connectivity index (χ0) is 20.6. The van der Waals surface area contributed by atoms with Crippen LogP contribution in [-0.2, 0) is 19.1 Å². The minimum atomic E-state index is -0.574. The highest BCUT2D eigenvalue weighted by Crippen LogP contribution is 2.27. The molecule has 2 N–H and O–H groups in total. The number of aryl methyl sites for hydroxylation is 2. The number of carbonyl (C=O) groups excluding carboxylic acids is 3. The van der Waals surface area contributed by atoms with Crippen LogP contribution in [0.25, 0.3) is 0 Å². The molecule has 0 aliphatic rings. The molecular weight excluding hydrogens is 372 g/mol. The second-order valence-electron chi connectivity index (χ2n) is 7.18. The summed E-state index contributed by atoms with van der Waals surface area (Å²) in [6.45, 7) is 8.90. The summed E-state index contributed by atoms with van der Waals surface area (Å²) in [7, 11) is 0. The van der Waals surface area contributed by atoms with Gasteiger partial charge in [-0.1, -0.05) is 17.7 Å². The van der Waals surface area contributed by atoms with E-state index in [2.05, 4.69) is 10.6 Å². The molecule has 1 aromatic rings. The van der Waals surface area contributed by atoms with Crippen molar-refractivity contribution in [3.05, 3.63) is 28.3 Å². The highest BCUT2D eigenvalue weighted by atomic mass is 35.5. The zero-order valence-corrected chi connectivity index (χ0v) is 17.2. The number of esters is 1. The quantitative estimate of drug-likeness (QED) is 0.539. The minimum absolute atomic E-state index is 0.0768. The first kappa shape index (κ1) is 22.8. The lowest BCUT2D eigenvalue weighted by atomic mass is 10.1. The molecule has 8 heteroatoms. The smallest absolute Gasteiger partial charge is 0.407 e. The van der Waals surface area contributed by atoms with E-state index in [-0.39, 0.29) is 13.0 Å². The number of anilines is 1. The van der Waals surface area contributed by atoms with Gasteiger partial charge in [-0.2, -0.15) is 0 Å². The SMILES string of the molecule is Cc1cc(C)c(NC(=O)COC(=O)CCCNC(=O)OC(C)(C)C)c(Cl)c1. The van der Waals surface area contributed by atoms with Crippen LogP contribution in [0.1, 0.15) is 44.7 Å². The minimum Gasteiger partial charge on any atom is -0.456 e. The van der Waals surface area contributed by atoms with Gasteiger partial charge in [0.2, 0.25) is 0 Å². The fraction of sp³-hybridized carbons (Fsp3) is 0.526. The van der Waals surface area contributed by atoms with Crippen molar-refractivity contribution in [1.29, 1.82) is 0 Å². The Hall–Kier alpha value is -2.28. The molecule has 0 aliphatic carbocycles. The van der Waals surface area contributed by atoms with Crippen LogP contribution >= 0.6 is 11.6 Å². The molecule has 7 nitrogen and oxygen atoms in total. The van der Waals surface area contributed by atoms with Gasteiger partial charge in [0.25, 0.3) is 5.91 Å². The summed E-state index contributed by atoms with van der Waals surface area (Å²) in [4.78, 5) is 35.1. The standard InChI is InChI=1S/C19H27ClN2O5/c1-12-9-13(2)17(14(20)10-12)22-15(23)11-26-16(24)7-6-8-21-18(25)27-19(3,4)5/h9-10H,6-8,11H2,1-5H3,(H,21,25)(H,22,23). The molecule has 0 radical (unpaired) electrons. The van der Waals surface area contributed by atoms with Crippen LogP contribution in [0.5, 0.6) is 0 Å². The highest BCUT2D eigenvalue weighted by Gasteiger charge is 2.16. The highest BCUT2D eigenvalue weighted by molar-refractivity contribution is 6.34. The molecule has 0 aromatic heterocycles. The number of rotatable bonds is 7. The lowest BCUT2D eigenvalue weighted by molar-refractivity contribution is -0.147. The lowest BCUT2D eigenvalue weighted by Crippen LogP contribution is -2.33. The van der Waals surface area contributed by atoms with Gasteiger partial charge in [0.15, 0.2) is 6.61 Å². The molecule has 0 saturated carbocycles. The third kappa shape index (κ3) is 9.28. The van der Waals surface area contributed by atoms with E-state index in [0.717, 1.165) is 11.1 Å². The number of ether oxygens (including phenoxy) is 2. The van der Waals surface area contributed by atoms with Crippen molar-refractivity contribution >= 4 is 35.3 Å². The van der Waals surface area contributed by atoms with Crippen molar-refractivity contribution in [1.82, 2.24) is 5.32 Å². The first-order valence-corrected chi connectivity index (χ1v) is 9.05. The maximum atomic E-state index is 11.9. The summed E-state index contributed by atoms with van der Waals surface area (Å²) in [6, 6.07) is 3.64. The average molecular weight is 399 g/mol. The molecule has 150 valence electrons. The van der Waals surface area contributed by atoms with Gasteiger partial charge in [-0.25, -0.2) is 4.79 Å². The normalized spacial score (nSPS) is 10.9. The van der Waals surface area contributed by atoms with Crippen molar-refractivity contribution in [2.45, 2.75) is 53.1 Å². The van der Waals surface area contributed by atoms with E-state index in [0.29, 0.717) is 17.1 Å². The summed E-state index contributed by atoms with van der Waals surface area (Å²) in [5.74, 6) is -0.994. The van der Waals surface area contributed by atoms with Gasteiger partial charge < -0.3 is 20.1 Å². The number of halogens is 1. The molecule has 27 heavy (non-hydrogen) atoms. The Morgan fingerprint density at radius 1 is 1.15 bits per heavy atom. The topological polar surface area (TPSA) is 93.7 Å². The molecule has 0 atom stereocenters. The summed E-state index contributed by atoms with van der Waals surface area (Å²) in [6.07, 6.45) is -0.0868. The van der Waals surface area contributed by atoms with Crippen LogP contribution < -0.4 is 10.6 Å². The molecule has 0 fully saturated rings. The Labute approximate surface area is 164 Å². The van der Waals surface area contributed by atoms with E-state index in [9.17, 15) is 14.4 Å². The number of hydrogen-bond acceptors (Lipinski definition) is 5. The lowest BCUT2D eigenvalue weighted by Gasteiger charge is -2.19. The maximum absolute atomic E-state index is 11.9. The molecule has 0 unspecified atom stereocenters. The van der Waals surface area contributed by atoms with Crippen LogP contribution in [0.2, 0.25) is 5.02 Å². The Morgan fingerprint density at radius 3 is 2.41 bits per heavy atom. The second kappa shape index (κ2) is 10.2. The summed E-state index contributed by atoms with van der Waals surface area (Å²) in [5.41, 5.74) is 1.74. The summed E-state index contributed by atoms with van der Waals surface area (Å²) < 4.78 is 10.0. The summed E-state index contributed by atoms with van der Waals surface area (Å²) in [5, 5.41) is 5.62. The van der Waals surface area contributed by atoms with E-state index in [1.165, 1.54) is 0 Å². The van der Waals surface area contributed by atoms with Gasteiger partial charge in [0.1, 0.15) is 5.60 Å². The number of hydrogen-bond donors (Lipinski definition) is 2. The molecule has 1 rings (SSSR count). The van der Waals surface area contributed by atoms with Gasteiger partial charge in [-0.3, -0.25) is 9.59 Å². The van der Waals surface area contributed by atoms with E-state index in [1.807, 2.05) is 19.9 Å². The van der Waals surface area contributed by atoms with E-state index >= 15 is 0 Å². The van der Waals surface area contributed by atoms with Gasteiger partial charge in [0, 0.05) is 13.0 Å². The fourth-order valence-electron chi connectivity index (χ4n) is 2.21. The largest absolute Gasteiger partial charge is 0.456 e. The predicted octanol–water partition coefficient (Wildman–Crippen LogP) is 3.74. The van der Waals surface area contributed by atoms with Crippen molar-refractivity contribution in [2.24, 2.45) is 0 Å². The second-order valence-corrected chi connectivity index (χ2v) is 7.59. The first-order valence-electron chi connectivity index (χ1n) is 8.67. The van der Waals surface area contributed by atoms with E-state index < -0.39 is 30.2 Å². The fourth-order valence-corrected chi connectivity index (χ4v) is 2.57. The maximum Gasteiger partial charge on any atom is 0.407 e. The van der Waals surface area contributed by atoms with Crippen molar-refractivity contribution in [3.63, 3.8) is 0 Å². The van der Waals surface area contributed by atoms with Gasteiger partial charge in [-0.05, 0) is 58.2 Å². The van der Waals surface area contributed by atoms with Gasteiger partial charge >= 0.3 is 12.1 Å². The molecule has 0 bridgehead atoms. The Kier molecular flexibility index (Phi) is 8.56. The number of amides is 2. The number of alkyl carbamates (subject to hydrolysis) is 1. The molecule has 0 saturated heterocycles. The monoisotopic (exact) mass is 398 g/mol. The third-order valence-electron chi connectivity index (χ3n) is 3.29. The molecule has 0 aliphatic heterocycles. The van der Waals surface area contributed by atoms with E-state index in [1.54, 1.807) is 26.8 Å². The van der Waals surface area contributed by atoms with Crippen LogP contribution in [-0.4, -0.2) is 36.7 Å². The van der Waals surface area contributed by atoms with Crippen LogP contribution in [0, 0.1) is 13.8 Å². The molecule has 0 spiro atoms. The Bertz CT molecular complexity index is 675. The van der Waals surface area contributed by atoms with Crippen molar-refractivity contribution in [2.75, 3.05) is 18.5 Å². The van der Waals surface area contributed by atoms with Gasteiger partial charge in [0.05, 0.1) is 10.7 Å². The molecular formula is C19H27ClN2O5. The summed E-state index contributed by atoms with van der Waals surface area (Å²) >= 11 is 6.12. The van der Waals surface area contributed by atoms with Crippen LogP contribution in [0.15, 0.2) is 12.1 Å². The number of carbonyl (C=O) groups is 3. The molecule has 0 heterocycles. The van der Waals surface area contributed by atoms with Crippen molar-refractivity contribution < 1.29 is 23.9 Å². The number of nitrogens with one attached hydrogen (secondary N) is 2. The average Bonchev–Trinajstić information content (AvgIpc) is 2.51. The zero-order valence-electron chi connectivity index (χ0n) is 16.4. The molecule has 2 amide bonds. The first-order chi connectivity index (χ1) is 12.5. The molecule has 1 aromatic carbocycles. The van der Waals surface area contributed by atoms with Crippen LogP contribution in [0.4, 0.5) is 10.5 Å². The van der Waals surface area contributed by atoms with Crippen molar-refractivity contribution in [3.8, 4) is 0 Å². The van der Waals surface area contributed by atoms with Crippen LogP contribution in [0.3, 0.4) is 0 Å². The Morgan fingerprint density at radius 2 is 1.81 bits per heavy atom. The van der Waals surface area contributed by atoms with Gasteiger partial charge in [-0.15, -0.1) is 0 Å². The number of benzene rings is 1. The third-order valence-corrected chi connectivity index (χ3v) is 3.58.